The third-order valence-corrected chi connectivity index (χ3v) is 1.96. The van der Waals surface area contributed by atoms with Gasteiger partial charge in [-0.3, -0.25) is 0 Å². The van der Waals surface area contributed by atoms with Crippen LogP contribution in [0.5, 0.6) is 5.75 Å². The van der Waals surface area contributed by atoms with Gasteiger partial charge in [-0.2, -0.15) is 0 Å². The smallest absolute Gasteiger partial charge is 0.189 e. The predicted octanol–water partition coefficient (Wildman–Crippen LogP) is 1.68. The van der Waals surface area contributed by atoms with E-state index in [0.29, 0.717) is 13.2 Å². The molecule has 0 saturated heterocycles. The van der Waals surface area contributed by atoms with E-state index in [-0.39, 0.29) is 6.79 Å². The van der Waals surface area contributed by atoms with Gasteiger partial charge in [-0.15, -0.1) is 0 Å². The van der Waals surface area contributed by atoms with E-state index in [0.717, 1.165) is 16.9 Å². The van der Waals surface area contributed by atoms with Gasteiger partial charge < -0.3 is 15.2 Å². The van der Waals surface area contributed by atoms with Crippen molar-refractivity contribution < 1.29 is 9.47 Å². The molecule has 86 valence electrons. The molecule has 2 N–H and O–H groups in total. The first-order chi connectivity index (χ1) is 7.77. The molecule has 0 atom stereocenters. The van der Waals surface area contributed by atoms with E-state index in [1.807, 2.05) is 32.0 Å². The fourth-order valence-corrected chi connectivity index (χ4v) is 1.20. The van der Waals surface area contributed by atoms with Crippen molar-refractivity contribution in [2.24, 2.45) is 5.73 Å². The minimum Gasteiger partial charge on any atom is -0.466 e. The van der Waals surface area contributed by atoms with Gasteiger partial charge in [0, 0.05) is 6.61 Å². The molecule has 3 heteroatoms. The summed E-state index contributed by atoms with van der Waals surface area (Å²) in [4.78, 5) is 0. The highest BCUT2D eigenvalue weighted by Crippen LogP contribution is 2.18. The van der Waals surface area contributed by atoms with E-state index in [9.17, 15) is 0 Å². The van der Waals surface area contributed by atoms with Crippen LogP contribution in [0, 0.1) is 18.8 Å². The predicted molar refractivity (Wildman–Crippen MR) is 64.2 cm³/mol. The van der Waals surface area contributed by atoms with Crippen LogP contribution in [0.2, 0.25) is 0 Å². The molecular weight excluding hydrogens is 202 g/mol. The highest BCUT2D eigenvalue weighted by Gasteiger charge is 2.01. The highest BCUT2D eigenvalue weighted by atomic mass is 16.7. The molecule has 0 radical (unpaired) electrons. The van der Waals surface area contributed by atoms with Gasteiger partial charge in [0.15, 0.2) is 6.79 Å². The molecule has 1 aromatic carbocycles. The third kappa shape index (κ3) is 3.93. The Hall–Kier alpha value is -1.50. The second-order valence-corrected chi connectivity index (χ2v) is 3.26. The van der Waals surface area contributed by atoms with E-state index >= 15 is 0 Å². The fourth-order valence-electron chi connectivity index (χ4n) is 1.20. The topological polar surface area (TPSA) is 44.5 Å². The third-order valence-electron chi connectivity index (χ3n) is 1.96. The van der Waals surface area contributed by atoms with Gasteiger partial charge in [-0.1, -0.05) is 17.9 Å². The molecule has 16 heavy (non-hydrogen) atoms. The Morgan fingerprint density at radius 1 is 1.38 bits per heavy atom. The van der Waals surface area contributed by atoms with Crippen LogP contribution >= 0.6 is 0 Å². The molecular formula is C13H17NO2. The van der Waals surface area contributed by atoms with E-state index in [2.05, 4.69) is 11.8 Å². The van der Waals surface area contributed by atoms with Crippen molar-refractivity contribution >= 4 is 0 Å². The zero-order chi connectivity index (χ0) is 11.8. The lowest BCUT2D eigenvalue weighted by Gasteiger charge is -2.08. The van der Waals surface area contributed by atoms with Gasteiger partial charge in [0.1, 0.15) is 5.75 Å². The summed E-state index contributed by atoms with van der Waals surface area (Å²) in [6.07, 6.45) is 0. The first-order valence-corrected chi connectivity index (χ1v) is 5.28. The van der Waals surface area contributed by atoms with Crippen LogP contribution in [-0.4, -0.2) is 19.9 Å². The number of aryl methyl sites for hydroxylation is 1. The summed E-state index contributed by atoms with van der Waals surface area (Å²) in [7, 11) is 0. The Morgan fingerprint density at radius 2 is 2.19 bits per heavy atom. The van der Waals surface area contributed by atoms with Gasteiger partial charge in [0.2, 0.25) is 0 Å². The van der Waals surface area contributed by atoms with Crippen LogP contribution in [0.1, 0.15) is 18.1 Å². The summed E-state index contributed by atoms with van der Waals surface area (Å²) in [6, 6.07) is 5.85. The highest BCUT2D eigenvalue weighted by molar-refractivity contribution is 5.48. The molecule has 1 aromatic rings. The lowest BCUT2D eigenvalue weighted by molar-refractivity contribution is 0.0222. The molecule has 1 rings (SSSR count). The number of hydrogen-bond acceptors (Lipinski definition) is 3. The van der Waals surface area contributed by atoms with Crippen molar-refractivity contribution in [3.63, 3.8) is 0 Å². The van der Waals surface area contributed by atoms with Crippen LogP contribution in [0.25, 0.3) is 0 Å². The molecule has 0 aromatic heterocycles. The first kappa shape index (κ1) is 12.6. The number of rotatable bonds is 4. The van der Waals surface area contributed by atoms with Gasteiger partial charge >= 0.3 is 0 Å². The van der Waals surface area contributed by atoms with E-state index in [1.165, 1.54) is 0 Å². The molecule has 0 bridgehead atoms. The monoisotopic (exact) mass is 219 g/mol. The molecule has 0 saturated carbocycles. The molecule has 0 aliphatic carbocycles. The average Bonchev–Trinajstić information content (AvgIpc) is 2.29. The van der Waals surface area contributed by atoms with Crippen LogP contribution in [-0.2, 0) is 4.74 Å². The normalized spacial score (nSPS) is 9.44. The molecule has 0 heterocycles. The standard InChI is InChI=1S/C13H17NO2/c1-3-15-10-16-13-7-6-11(2)9-12(13)5-4-8-14/h6-7,9H,3,8,10,14H2,1-2H3. The van der Waals surface area contributed by atoms with Crippen molar-refractivity contribution in [2.45, 2.75) is 13.8 Å². The summed E-state index contributed by atoms with van der Waals surface area (Å²) >= 11 is 0. The molecule has 0 fully saturated rings. The summed E-state index contributed by atoms with van der Waals surface area (Å²) < 4.78 is 10.6. The lowest BCUT2D eigenvalue weighted by atomic mass is 10.1. The summed E-state index contributed by atoms with van der Waals surface area (Å²) in [5.74, 6) is 6.54. The zero-order valence-corrected chi connectivity index (χ0v) is 9.75. The van der Waals surface area contributed by atoms with Crippen molar-refractivity contribution in [1.82, 2.24) is 0 Å². The summed E-state index contributed by atoms with van der Waals surface area (Å²) in [6.45, 7) is 5.17. The largest absolute Gasteiger partial charge is 0.466 e. The number of hydrogen-bond donors (Lipinski definition) is 1. The number of benzene rings is 1. The van der Waals surface area contributed by atoms with Crippen LogP contribution in [0.4, 0.5) is 0 Å². The first-order valence-electron chi connectivity index (χ1n) is 5.28. The van der Waals surface area contributed by atoms with Crippen LogP contribution < -0.4 is 10.5 Å². The Balaban J connectivity index is 2.80. The van der Waals surface area contributed by atoms with Gasteiger partial charge in [-0.25, -0.2) is 0 Å². The molecule has 3 nitrogen and oxygen atoms in total. The van der Waals surface area contributed by atoms with E-state index in [4.69, 9.17) is 15.2 Å². The Morgan fingerprint density at radius 3 is 2.88 bits per heavy atom. The second kappa shape index (κ2) is 6.89. The van der Waals surface area contributed by atoms with Crippen molar-refractivity contribution in [1.29, 1.82) is 0 Å². The molecule has 0 aliphatic rings. The van der Waals surface area contributed by atoms with Crippen LogP contribution in [0.3, 0.4) is 0 Å². The second-order valence-electron chi connectivity index (χ2n) is 3.26. The summed E-state index contributed by atoms with van der Waals surface area (Å²) in [5.41, 5.74) is 7.34. The zero-order valence-electron chi connectivity index (χ0n) is 9.75. The number of nitrogens with two attached hydrogens (primary N) is 1. The minimum atomic E-state index is 0.247. The molecule has 0 amide bonds. The molecule has 0 aliphatic heterocycles. The molecule has 0 spiro atoms. The quantitative estimate of drug-likeness (QED) is 0.476. The Labute approximate surface area is 96.6 Å². The lowest BCUT2D eigenvalue weighted by Crippen LogP contribution is -2.03. The van der Waals surface area contributed by atoms with Gasteiger partial charge in [0.05, 0.1) is 12.1 Å². The maximum absolute atomic E-state index is 5.46. The van der Waals surface area contributed by atoms with Gasteiger partial charge in [0.25, 0.3) is 0 Å². The average molecular weight is 219 g/mol. The fraction of sp³-hybridized carbons (Fsp3) is 0.385. The minimum absolute atomic E-state index is 0.247. The summed E-state index contributed by atoms with van der Waals surface area (Å²) in [5, 5.41) is 0. The van der Waals surface area contributed by atoms with E-state index in [1.54, 1.807) is 0 Å². The van der Waals surface area contributed by atoms with Crippen molar-refractivity contribution in [3.8, 4) is 17.6 Å². The Bertz CT molecular complexity index is 391. The number of ether oxygens (including phenoxy) is 2. The van der Waals surface area contributed by atoms with Crippen LogP contribution in [0.15, 0.2) is 18.2 Å². The SMILES string of the molecule is CCOCOc1ccc(C)cc1C#CCN. The molecule has 0 unspecified atom stereocenters. The maximum atomic E-state index is 5.46. The Kier molecular flexibility index (Phi) is 5.41. The van der Waals surface area contributed by atoms with E-state index < -0.39 is 0 Å². The van der Waals surface area contributed by atoms with Crippen molar-refractivity contribution in [3.05, 3.63) is 29.3 Å². The maximum Gasteiger partial charge on any atom is 0.189 e. The van der Waals surface area contributed by atoms with Gasteiger partial charge in [-0.05, 0) is 31.5 Å². The van der Waals surface area contributed by atoms with Crippen molar-refractivity contribution in [2.75, 3.05) is 19.9 Å².